The highest BCUT2D eigenvalue weighted by molar-refractivity contribution is 5.89. The fourth-order valence-corrected chi connectivity index (χ4v) is 2.76. The molecule has 0 spiro atoms. The van der Waals surface area contributed by atoms with Crippen LogP contribution in [0.4, 0.5) is 0 Å². The normalized spacial score (nSPS) is 29.0. The van der Waals surface area contributed by atoms with Crippen LogP contribution in [-0.2, 0) is 9.53 Å². The molecule has 0 aromatic rings. The minimum atomic E-state index is -0.509. The summed E-state index contributed by atoms with van der Waals surface area (Å²) in [6, 6.07) is 0. The van der Waals surface area contributed by atoms with Gasteiger partial charge in [0, 0.05) is 13.0 Å². The number of carbonyl (C=O) groups excluding carboxylic acids is 1. The fourth-order valence-electron chi connectivity index (χ4n) is 2.76. The third-order valence-electron chi connectivity index (χ3n) is 3.80. The lowest BCUT2D eigenvalue weighted by molar-refractivity contribution is -0.150. The van der Waals surface area contributed by atoms with Crippen molar-refractivity contribution in [3.05, 3.63) is 12.2 Å². The van der Waals surface area contributed by atoms with E-state index in [1.54, 1.807) is 0 Å². The Morgan fingerprint density at radius 3 is 2.71 bits per heavy atom. The van der Waals surface area contributed by atoms with Crippen molar-refractivity contribution >= 4 is 5.78 Å². The molecule has 0 N–H and O–H groups in total. The Hall–Kier alpha value is -0.630. The van der Waals surface area contributed by atoms with Crippen molar-refractivity contribution in [2.24, 2.45) is 5.92 Å². The summed E-state index contributed by atoms with van der Waals surface area (Å²) in [6.07, 6.45) is 5.47. The van der Waals surface area contributed by atoms with Gasteiger partial charge in [-0.1, -0.05) is 32.4 Å². The number of hydrogen-bond acceptors (Lipinski definition) is 2. The Morgan fingerprint density at radius 2 is 2.18 bits per heavy atom. The third kappa shape index (κ3) is 3.67. The van der Waals surface area contributed by atoms with E-state index in [9.17, 15) is 4.79 Å². The lowest BCUT2D eigenvalue weighted by Gasteiger charge is -2.38. The summed E-state index contributed by atoms with van der Waals surface area (Å²) in [5, 5.41) is 0. The first kappa shape index (κ1) is 14.4. The van der Waals surface area contributed by atoms with Crippen molar-refractivity contribution in [3.8, 4) is 0 Å². The van der Waals surface area contributed by atoms with Crippen molar-refractivity contribution in [1.82, 2.24) is 0 Å². The highest BCUT2D eigenvalue weighted by Crippen LogP contribution is 2.37. The molecule has 0 heterocycles. The average Bonchev–Trinajstić information content (AvgIpc) is 2.29. The monoisotopic (exact) mass is 238 g/mol. The first-order valence-corrected chi connectivity index (χ1v) is 6.88. The van der Waals surface area contributed by atoms with Gasteiger partial charge in [0.1, 0.15) is 5.60 Å². The average molecular weight is 238 g/mol. The van der Waals surface area contributed by atoms with Crippen LogP contribution >= 0.6 is 0 Å². The van der Waals surface area contributed by atoms with E-state index in [0.29, 0.717) is 18.9 Å². The van der Waals surface area contributed by atoms with Gasteiger partial charge in [0.2, 0.25) is 0 Å². The summed E-state index contributed by atoms with van der Waals surface area (Å²) >= 11 is 0. The maximum Gasteiger partial charge on any atom is 0.168 e. The molecule has 0 amide bonds. The molecule has 0 bridgehead atoms. The van der Waals surface area contributed by atoms with Gasteiger partial charge in [-0.05, 0) is 38.5 Å². The van der Waals surface area contributed by atoms with Crippen LogP contribution in [0.3, 0.4) is 0 Å². The van der Waals surface area contributed by atoms with Crippen molar-refractivity contribution < 1.29 is 9.53 Å². The van der Waals surface area contributed by atoms with Gasteiger partial charge in [-0.15, -0.1) is 0 Å². The van der Waals surface area contributed by atoms with Crippen molar-refractivity contribution in [1.29, 1.82) is 0 Å². The van der Waals surface area contributed by atoms with Gasteiger partial charge in [-0.3, -0.25) is 4.79 Å². The van der Waals surface area contributed by atoms with Gasteiger partial charge in [0.25, 0.3) is 0 Å². The highest BCUT2D eigenvalue weighted by atomic mass is 16.5. The van der Waals surface area contributed by atoms with Crippen LogP contribution in [0.2, 0.25) is 0 Å². The van der Waals surface area contributed by atoms with Crippen molar-refractivity contribution in [3.63, 3.8) is 0 Å². The molecule has 2 heteroatoms. The summed E-state index contributed by atoms with van der Waals surface area (Å²) in [5.74, 6) is 0.840. The molecule has 1 fully saturated rings. The molecule has 2 nitrogen and oxygen atoms in total. The molecule has 2 unspecified atom stereocenters. The number of rotatable bonds is 6. The predicted octanol–water partition coefficient (Wildman–Crippen LogP) is 3.90. The summed E-state index contributed by atoms with van der Waals surface area (Å²) in [7, 11) is 0. The molecule has 0 aromatic carbocycles. The largest absolute Gasteiger partial charge is 0.367 e. The topological polar surface area (TPSA) is 26.3 Å². The second kappa shape index (κ2) is 6.34. The van der Waals surface area contributed by atoms with E-state index in [0.717, 1.165) is 31.3 Å². The zero-order chi connectivity index (χ0) is 12.9. The van der Waals surface area contributed by atoms with E-state index in [-0.39, 0.29) is 5.78 Å². The Kier molecular flexibility index (Phi) is 5.38. The molecule has 0 aromatic heterocycles. The van der Waals surface area contributed by atoms with Crippen LogP contribution in [0.25, 0.3) is 0 Å². The standard InChI is InChI=1S/C15H26O2/c1-5-12(3)10-14(16)15(17-6-2)9-7-8-13(4)11-15/h13H,3,5-11H2,1-2,4H3. The maximum atomic E-state index is 12.4. The van der Waals surface area contributed by atoms with Crippen LogP contribution in [0.5, 0.6) is 0 Å². The summed E-state index contributed by atoms with van der Waals surface area (Å²) in [6.45, 7) is 10.8. The first-order valence-electron chi connectivity index (χ1n) is 6.88. The van der Waals surface area contributed by atoms with Gasteiger partial charge >= 0.3 is 0 Å². The Labute approximate surface area is 105 Å². The Balaban J connectivity index is 2.75. The van der Waals surface area contributed by atoms with Gasteiger partial charge in [0.15, 0.2) is 5.78 Å². The maximum absolute atomic E-state index is 12.4. The zero-order valence-electron chi connectivity index (χ0n) is 11.6. The van der Waals surface area contributed by atoms with Crippen LogP contribution < -0.4 is 0 Å². The minimum Gasteiger partial charge on any atom is -0.367 e. The molecule has 0 radical (unpaired) electrons. The molecule has 2 atom stereocenters. The molecule has 1 saturated carbocycles. The summed E-state index contributed by atoms with van der Waals surface area (Å²) < 4.78 is 5.86. The van der Waals surface area contributed by atoms with E-state index < -0.39 is 5.60 Å². The smallest absolute Gasteiger partial charge is 0.168 e. The van der Waals surface area contributed by atoms with E-state index in [4.69, 9.17) is 4.74 Å². The van der Waals surface area contributed by atoms with Crippen LogP contribution in [0, 0.1) is 5.92 Å². The van der Waals surface area contributed by atoms with Crippen molar-refractivity contribution in [2.75, 3.05) is 6.61 Å². The molecule has 17 heavy (non-hydrogen) atoms. The number of allylic oxidation sites excluding steroid dienone is 1. The first-order chi connectivity index (χ1) is 8.04. The van der Waals surface area contributed by atoms with E-state index in [1.165, 1.54) is 6.42 Å². The quantitative estimate of drug-likeness (QED) is 0.656. The number of hydrogen-bond donors (Lipinski definition) is 0. The van der Waals surface area contributed by atoms with Crippen LogP contribution in [-0.4, -0.2) is 18.0 Å². The number of ether oxygens (including phenoxy) is 1. The second-order valence-corrected chi connectivity index (χ2v) is 5.33. The van der Waals surface area contributed by atoms with E-state index >= 15 is 0 Å². The van der Waals surface area contributed by atoms with Gasteiger partial charge in [0.05, 0.1) is 0 Å². The number of carbonyl (C=O) groups is 1. The van der Waals surface area contributed by atoms with Gasteiger partial charge in [-0.25, -0.2) is 0 Å². The predicted molar refractivity (Wildman–Crippen MR) is 71.0 cm³/mol. The lowest BCUT2D eigenvalue weighted by Crippen LogP contribution is -2.45. The molecular formula is C15H26O2. The van der Waals surface area contributed by atoms with Crippen molar-refractivity contribution in [2.45, 2.75) is 64.9 Å². The molecule has 1 aliphatic carbocycles. The zero-order valence-corrected chi connectivity index (χ0v) is 11.6. The molecule has 0 saturated heterocycles. The van der Waals surface area contributed by atoms with E-state index in [1.807, 2.05) is 13.8 Å². The second-order valence-electron chi connectivity index (χ2n) is 5.33. The SMILES string of the molecule is C=C(CC)CC(=O)C1(OCC)CCCC(C)C1. The Morgan fingerprint density at radius 1 is 1.47 bits per heavy atom. The molecule has 98 valence electrons. The minimum absolute atomic E-state index is 0.248. The molecule has 1 aliphatic rings. The van der Waals surface area contributed by atoms with Gasteiger partial charge in [-0.2, -0.15) is 0 Å². The lowest BCUT2D eigenvalue weighted by atomic mass is 9.75. The molecule has 1 rings (SSSR count). The fraction of sp³-hybridized carbons (Fsp3) is 0.800. The molecular weight excluding hydrogens is 212 g/mol. The molecule has 0 aliphatic heterocycles. The van der Waals surface area contributed by atoms with Crippen LogP contribution in [0.1, 0.15) is 59.3 Å². The Bertz CT molecular complexity index is 279. The van der Waals surface area contributed by atoms with E-state index in [2.05, 4.69) is 13.5 Å². The number of Topliss-reactive ketones (excluding diaryl/α,β-unsaturated/α-hetero) is 1. The highest BCUT2D eigenvalue weighted by Gasteiger charge is 2.41. The third-order valence-corrected chi connectivity index (χ3v) is 3.80. The summed E-state index contributed by atoms with van der Waals surface area (Å²) in [4.78, 5) is 12.4. The van der Waals surface area contributed by atoms with Gasteiger partial charge < -0.3 is 4.74 Å². The number of ketones is 1. The summed E-state index contributed by atoms with van der Waals surface area (Å²) in [5.41, 5.74) is 0.511. The van der Waals surface area contributed by atoms with Crippen LogP contribution in [0.15, 0.2) is 12.2 Å².